The van der Waals surface area contributed by atoms with Crippen LogP contribution < -0.4 is 14.3 Å². The van der Waals surface area contributed by atoms with Gasteiger partial charge in [0, 0.05) is 0 Å². The Morgan fingerprint density at radius 3 is 2.33 bits per heavy atom. The molecule has 0 unspecified atom stereocenters. The van der Waals surface area contributed by atoms with Crippen LogP contribution in [0.15, 0.2) is 82.8 Å². The van der Waals surface area contributed by atoms with Crippen LogP contribution in [0.1, 0.15) is 18.1 Å². The molecule has 156 valence electrons. The summed E-state index contributed by atoms with van der Waals surface area (Å²) in [6.07, 6.45) is 1.44. The Morgan fingerprint density at radius 2 is 1.67 bits per heavy atom. The van der Waals surface area contributed by atoms with E-state index >= 15 is 0 Å². The maximum absolute atomic E-state index is 12.3. The first-order valence-electron chi connectivity index (χ1n) is 9.22. The van der Waals surface area contributed by atoms with E-state index in [-0.39, 0.29) is 4.90 Å². The van der Waals surface area contributed by atoms with Gasteiger partial charge < -0.3 is 9.47 Å². The lowest BCUT2D eigenvalue weighted by atomic mass is 10.2. The van der Waals surface area contributed by atoms with Crippen molar-refractivity contribution in [1.29, 1.82) is 0 Å². The summed E-state index contributed by atoms with van der Waals surface area (Å²) in [5.74, 6) is 1.22. The number of rotatable bonds is 9. The van der Waals surface area contributed by atoms with E-state index in [2.05, 4.69) is 32.5 Å². The van der Waals surface area contributed by atoms with Crippen LogP contribution in [0.3, 0.4) is 0 Å². The lowest BCUT2D eigenvalue weighted by Crippen LogP contribution is -2.18. The van der Waals surface area contributed by atoms with Crippen molar-refractivity contribution < 1.29 is 17.9 Å². The average Bonchev–Trinajstić information content (AvgIpc) is 2.75. The number of nitrogens with one attached hydrogen (secondary N) is 1. The molecular weight excluding hydrogens is 515 g/mol. The molecule has 30 heavy (non-hydrogen) atoms. The summed E-state index contributed by atoms with van der Waals surface area (Å²) >= 11 is 2.17. The lowest BCUT2D eigenvalue weighted by Gasteiger charge is -2.14. The molecule has 6 nitrogen and oxygen atoms in total. The molecule has 0 saturated carbocycles. The molecule has 0 radical (unpaired) electrons. The van der Waals surface area contributed by atoms with Crippen molar-refractivity contribution in [3.63, 3.8) is 0 Å². The number of nitrogens with zero attached hydrogens (tertiary/aromatic N) is 1. The molecule has 3 aromatic carbocycles. The molecule has 0 saturated heterocycles. The van der Waals surface area contributed by atoms with E-state index in [1.807, 2.05) is 43.3 Å². The van der Waals surface area contributed by atoms with Crippen LogP contribution in [-0.2, 0) is 16.6 Å². The number of hydrazone groups is 1. The number of halogens is 1. The largest absolute Gasteiger partial charge is 0.490 e. The first-order chi connectivity index (χ1) is 14.5. The number of benzene rings is 3. The van der Waals surface area contributed by atoms with Crippen molar-refractivity contribution in [1.82, 2.24) is 4.83 Å². The zero-order chi connectivity index (χ0) is 21.4. The number of ether oxygens (including phenoxy) is 2. The van der Waals surface area contributed by atoms with Gasteiger partial charge in [0.1, 0.15) is 6.61 Å². The van der Waals surface area contributed by atoms with Gasteiger partial charge in [-0.1, -0.05) is 48.5 Å². The van der Waals surface area contributed by atoms with Crippen molar-refractivity contribution in [2.75, 3.05) is 6.61 Å². The van der Waals surface area contributed by atoms with Gasteiger partial charge in [-0.2, -0.15) is 13.5 Å². The van der Waals surface area contributed by atoms with E-state index < -0.39 is 10.0 Å². The second kappa shape index (κ2) is 10.4. The van der Waals surface area contributed by atoms with Crippen LogP contribution in [0.5, 0.6) is 11.5 Å². The minimum absolute atomic E-state index is 0.149. The van der Waals surface area contributed by atoms with Gasteiger partial charge in [0.2, 0.25) is 0 Å². The van der Waals surface area contributed by atoms with E-state index in [0.29, 0.717) is 30.3 Å². The number of sulfonamides is 1. The van der Waals surface area contributed by atoms with Gasteiger partial charge >= 0.3 is 0 Å². The zero-order valence-electron chi connectivity index (χ0n) is 16.3. The summed E-state index contributed by atoms with van der Waals surface area (Å²) in [4.78, 5) is 2.37. The van der Waals surface area contributed by atoms with Crippen molar-refractivity contribution >= 4 is 38.8 Å². The van der Waals surface area contributed by atoms with Gasteiger partial charge in [0.05, 0.1) is 21.3 Å². The Morgan fingerprint density at radius 1 is 1.00 bits per heavy atom. The minimum Gasteiger partial charge on any atom is -0.490 e. The molecule has 0 aliphatic rings. The van der Waals surface area contributed by atoms with Crippen molar-refractivity contribution in [2.24, 2.45) is 5.10 Å². The molecule has 0 fully saturated rings. The third-order valence-electron chi connectivity index (χ3n) is 4.00. The first kappa shape index (κ1) is 22.1. The summed E-state index contributed by atoms with van der Waals surface area (Å²) in [6, 6.07) is 21.6. The maximum Gasteiger partial charge on any atom is 0.276 e. The van der Waals surface area contributed by atoms with Gasteiger partial charge in [-0.25, -0.2) is 4.83 Å². The lowest BCUT2D eigenvalue weighted by molar-refractivity contribution is 0.267. The average molecular weight is 536 g/mol. The highest BCUT2D eigenvalue weighted by Gasteiger charge is 2.13. The monoisotopic (exact) mass is 536 g/mol. The van der Waals surface area contributed by atoms with Gasteiger partial charge in [-0.05, 0) is 64.9 Å². The highest BCUT2D eigenvalue weighted by atomic mass is 127. The SMILES string of the molecule is CCOc1cc(/C=N\NS(=O)(=O)c2ccccc2)cc(I)c1OCc1ccccc1. The third kappa shape index (κ3) is 5.96. The maximum atomic E-state index is 12.3. The van der Waals surface area contributed by atoms with Crippen LogP contribution in [0, 0.1) is 3.57 Å². The van der Waals surface area contributed by atoms with E-state index in [9.17, 15) is 8.42 Å². The quantitative estimate of drug-likeness (QED) is 0.247. The molecule has 0 amide bonds. The topological polar surface area (TPSA) is 77.0 Å². The van der Waals surface area contributed by atoms with Gasteiger partial charge in [-0.3, -0.25) is 0 Å². The van der Waals surface area contributed by atoms with E-state index in [0.717, 1.165) is 9.13 Å². The molecule has 0 bridgehead atoms. The molecule has 3 rings (SSSR count). The van der Waals surface area contributed by atoms with Crippen LogP contribution in [0.2, 0.25) is 0 Å². The van der Waals surface area contributed by atoms with E-state index in [1.54, 1.807) is 24.3 Å². The van der Waals surface area contributed by atoms with E-state index in [1.165, 1.54) is 18.3 Å². The number of hydrogen-bond donors (Lipinski definition) is 1. The first-order valence-corrected chi connectivity index (χ1v) is 11.8. The summed E-state index contributed by atoms with van der Waals surface area (Å²) in [5.41, 5.74) is 1.74. The Kier molecular flexibility index (Phi) is 7.69. The summed E-state index contributed by atoms with van der Waals surface area (Å²) in [7, 11) is -3.71. The minimum atomic E-state index is -3.71. The smallest absolute Gasteiger partial charge is 0.276 e. The predicted octanol–water partition coefficient (Wildman–Crippen LogP) is 4.58. The molecule has 0 aliphatic carbocycles. The number of hydrogen-bond acceptors (Lipinski definition) is 5. The fourth-order valence-electron chi connectivity index (χ4n) is 2.62. The normalized spacial score (nSPS) is 11.4. The third-order valence-corrected chi connectivity index (χ3v) is 6.04. The molecule has 0 spiro atoms. The summed E-state index contributed by atoms with van der Waals surface area (Å²) < 4.78 is 37.1. The Bertz CT molecular complexity index is 1100. The van der Waals surface area contributed by atoms with Gasteiger partial charge in [0.25, 0.3) is 10.0 Å². The predicted molar refractivity (Wildman–Crippen MR) is 125 cm³/mol. The fraction of sp³-hybridized carbons (Fsp3) is 0.136. The van der Waals surface area contributed by atoms with Crippen LogP contribution in [0.25, 0.3) is 0 Å². The second-order valence-electron chi connectivity index (χ2n) is 6.20. The zero-order valence-corrected chi connectivity index (χ0v) is 19.3. The summed E-state index contributed by atoms with van der Waals surface area (Å²) in [5, 5.41) is 3.89. The molecule has 1 N–H and O–H groups in total. The van der Waals surface area contributed by atoms with E-state index in [4.69, 9.17) is 9.47 Å². The Balaban J connectivity index is 1.76. The molecule has 3 aromatic rings. The van der Waals surface area contributed by atoms with Crippen LogP contribution in [0.4, 0.5) is 0 Å². The Labute approximate surface area is 190 Å². The molecule has 0 aliphatic heterocycles. The molecule has 0 aromatic heterocycles. The molecule has 8 heteroatoms. The van der Waals surface area contributed by atoms with Crippen molar-refractivity contribution in [3.05, 3.63) is 87.5 Å². The Hall–Kier alpha value is -2.59. The van der Waals surface area contributed by atoms with Gasteiger partial charge in [-0.15, -0.1) is 0 Å². The molecular formula is C22H21IN2O4S. The molecule has 0 atom stereocenters. The summed E-state index contributed by atoms with van der Waals surface area (Å²) in [6.45, 7) is 2.78. The van der Waals surface area contributed by atoms with Crippen LogP contribution in [-0.4, -0.2) is 21.2 Å². The second-order valence-corrected chi connectivity index (χ2v) is 9.03. The molecule has 0 heterocycles. The van der Waals surface area contributed by atoms with Crippen LogP contribution >= 0.6 is 22.6 Å². The van der Waals surface area contributed by atoms with Crippen molar-refractivity contribution in [3.8, 4) is 11.5 Å². The highest BCUT2D eigenvalue weighted by molar-refractivity contribution is 14.1. The van der Waals surface area contributed by atoms with Gasteiger partial charge in [0.15, 0.2) is 11.5 Å². The standard InChI is InChI=1S/C22H21IN2O4S/c1-2-28-21-14-18(15-24-25-30(26,27)19-11-7-4-8-12-19)13-20(23)22(21)29-16-17-9-5-3-6-10-17/h3-15,25H,2,16H2,1H3/b24-15-. The highest BCUT2D eigenvalue weighted by Crippen LogP contribution is 2.34. The fourth-order valence-corrected chi connectivity index (χ4v) is 4.21. The van der Waals surface area contributed by atoms with Crippen molar-refractivity contribution in [2.45, 2.75) is 18.4 Å².